The van der Waals surface area contributed by atoms with Gasteiger partial charge in [-0.05, 0) is 11.8 Å². The van der Waals surface area contributed by atoms with Crippen molar-refractivity contribution in [2.24, 2.45) is 11.8 Å². The van der Waals surface area contributed by atoms with Crippen LogP contribution in [0.25, 0.3) is 0 Å². The second-order valence-electron chi connectivity index (χ2n) is 2.88. The summed E-state index contributed by atoms with van der Waals surface area (Å²) in [7, 11) is 0. The van der Waals surface area contributed by atoms with Crippen LogP contribution >= 0.6 is 35.7 Å². The van der Waals surface area contributed by atoms with Crippen molar-refractivity contribution in [2.75, 3.05) is 11.5 Å². The highest BCUT2D eigenvalue weighted by Gasteiger charge is 2.19. The van der Waals surface area contributed by atoms with Crippen LogP contribution < -0.4 is 0 Å². The summed E-state index contributed by atoms with van der Waals surface area (Å²) >= 11 is 8.77. The number of thioether (sulfide) groups is 2. The van der Waals surface area contributed by atoms with Gasteiger partial charge in [0.05, 0.1) is 0 Å². The molecule has 1 heterocycles. The van der Waals surface area contributed by atoms with Crippen LogP contribution in [0.2, 0.25) is 0 Å². The van der Waals surface area contributed by atoms with Gasteiger partial charge >= 0.3 is 0 Å². The van der Waals surface area contributed by atoms with E-state index in [1.165, 1.54) is 11.5 Å². The van der Waals surface area contributed by atoms with Crippen molar-refractivity contribution in [1.29, 1.82) is 0 Å². The molecule has 1 saturated heterocycles. The van der Waals surface area contributed by atoms with Gasteiger partial charge in [-0.1, -0.05) is 26.1 Å². The Balaban J connectivity index is 2.33. The number of thiocarbonyl (C=S) groups is 1. The molecular formula is C7H12S3. The Morgan fingerprint density at radius 3 is 2.30 bits per heavy atom. The van der Waals surface area contributed by atoms with Crippen LogP contribution in [-0.4, -0.2) is 15.0 Å². The maximum Gasteiger partial charge on any atom is 0.104 e. The summed E-state index contributed by atoms with van der Waals surface area (Å²) in [5.41, 5.74) is 0. The molecule has 0 aromatic heterocycles. The highest BCUT2D eigenvalue weighted by atomic mass is 32.2. The van der Waals surface area contributed by atoms with Gasteiger partial charge in [0.2, 0.25) is 0 Å². The second-order valence-corrected chi connectivity index (χ2v) is 6.12. The van der Waals surface area contributed by atoms with Crippen LogP contribution in [0.1, 0.15) is 13.8 Å². The zero-order chi connectivity index (χ0) is 7.56. The topological polar surface area (TPSA) is 0 Å². The first-order valence-electron chi connectivity index (χ1n) is 3.49. The van der Waals surface area contributed by atoms with E-state index in [2.05, 4.69) is 13.8 Å². The first-order chi connectivity index (χ1) is 4.70. The minimum Gasteiger partial charge on any atom is -0.107 e. The average molecular weight is 192 g/mol. The van der Waals surface area contributed by atoms with Gasteiger partial charge in [0.15, 0.2) is 0 Å². The van der Waals surface area contributed by atoms with Crippen LogP contribution in [-0.2, 0) is 0 Å². The number of rotatable bonds is 1. The number of hydrogen-bond acceptors (Lipinski definition) is 3. The van der Waals surface area contributed by atoms with Crippen LogP contribution in [0.3, 0.4) is 0 Å². The molecule has 0 unspecified atom stereocenters. The zero-order valence-electron chi connectivity index (χ0n) is 6.29. The molecule has 1 fully saturated rings. The van der Waals surface area contributed by atoms with Crippen molar-refractivity contribution >= 4 is 39.3 Å². The van der Waals surface area contributed by atoms with Crippen LogP contribution in [0.4, 0.5) is 0 Å². The average Bonchev–Trinajstić information content (AvgIpc) is 1.88. The van der Waals surface area contributed by atoms with Gasteiger partial charge in [0, 0.05) is 11.5 Å². The van der Waals surface area contributed by atoms with E-state index >= 15 is 0 Å². The normalized spacial score (nSPS) is 22.1. The molecule has 1 aliphatic heterocycles. The maximum absolute atomic E-state index is 5.07. The summed E-state index contributed by atoms with van der Waals surface area (Å²) in [6.07, 6.45) is 0. The Labute approximate surface area is 76.5 Å². The molecule has 0 spiro atoms. The quantitative estimate of drug-likeness (QED) is 0.586. The fourth-order valence-electron chi connectivity index (χ4n) is 0.825. The SMILES string of the molecule is CC(C)C1CSC(=S)SC1. The van der Waals surface area contributed by atoms with Gasteiger partial charge in [-0.3, -0.25) is 0 Å². The summed E-state index contributed by atoms with van der Waals surface area (Å²) in [4.78, 5) is 0. The molecular weight excluding hydrogens is 180 g/mol. The lowest BCUT2D eigenvalue weighted by atomic mass is 10.0. The standard InChI is InChI=1S/C7H12S3/c1-5(2)6-3-9-7(8)10-4-6/h5-6H,3-4H2,1-2H3. The molecule has 0 N–H and O–H groups in total. The highest BCUT2D eigenvalue weighted by Crippen LogP contribution is 2.32. The Kier molecular flexibility index (Phi) is 3.53. The molecule has 0 amide bonds. The van der Waals surface area contributed by atoms with Gasteiger partial charge in [0.25, 0.3) is 0 Å². The Hall–Kier alpha value is 0.790. The Bertz CT molecular complexity index is 121. The summed E-state index contributed by atoms with van der Waals surface area (Å²) in [5.74, 6) is 4.18. The minimum absolute atomic E-state index is 0.822. The molecule has 1 aliphatic rings. The largest absolute Gasteiger partial charge is 0.107 e. The molecule has 0 radical (unpaired) electrons. The van der Waals surface area contributed by atoms with E-state index in [-0.39, 0.29) is 0 Å². The van der Waals surface area contributed by atoms with Crippen LogP contribution in [0, 0.1) is 11.8 Å². The fraction of sp³-hybridized carbons (Fsp3) is 0.857. The van der Waals surface area contributed by atoms with Crippen LogP contribution in [0.15, 0.2) is 0 Å². The molecule has 58 valence electrons. The third-order valence-corrected chi connectivity index (χ3v) is 4.85. The summed E-state index contributed by atoms with van der Waals surface area (Å²) in [6, 6.07) is 0. The van der Waals surface area contributed by atoms with Gasteiger partial charge in [0.1, 0.15) is 3.53 Å². The molecule has 10 heavy (non-hydrogen) atoms. The van der Waals surface area contributed by atoms with Crippen molar-refractivity contribution < 1.29 is 0 Å². The van der Waals surface area contributed by atoms with Gasteiger partial charge in [-0.15, -0.1) is 23.5 Å². The summed E-state index contributed by atoms with van der Waals surface area (Å²) in [5, 5.41) is 0. The van der Waals surface area contributed by atoms with E-state index < -0.39 is 0 Å². The van der Waals surface area contributed by atoms with Crippen molar-refractivity contribution in [3.05, 3.63) is 0 Å². The Morgan fingerprint density at radius 1 is 1.40 bits per heavy atom. The van der Waals surface area contributed by atoms with Crippen molar-refractivity contribution in [3.8, 4) is 0 Å². The monoisotopic (exact) mass is 192 g/mol. The third-order valence-electron chi connectivity index (χ3n) is 1.77. The van der Waals surface area contributed by atoms with E-state index in [4.69, 9.17) is 12.2 Å². The lowest BCUT2D eigenvalue weighted by Crippen LogP contribution is -2.19. The van der Waals surface area contributed by atoms with E-state index in [1.54, 1.807) is 0 Å². The molecule has 0 atom stereocenters. The lowest BCUT2D eigenvalue weighted by molar-refractivity contribution is 0.472. The maximum atomic E-state index is 5.07. The van der Waals surface area contributed by atoms with Crippen LogP contribution in [0.5, 0.6) is 0 Å². The fourth-order valence-corrected chi connectivity index (χ4v) is 3.83. The molecule has 0 aromatic carbocycles. The minimum atomic E-state index is 0.822. The van der Waals surface area contributed by atoms with E-state index in [9.17, 15) is 0 Å². The molecule has 3 heteroatoms. The van der Waals surface area contributed by atoms with Crippen molar-refractivity contribution in [3.63, 3.8) is 0 Å². The van der Waals surface area contributed by atoms with Gasteiger partial charge < -0.3 is 0 Å². The first kappa shape index (κ1) is 8.88. The van der Waals surface area contributed by atoms with Crippen molar-refractivity contribution in [2.45, 2.75) is 13.8 Å². The predicted molar refractivity (Wildman–Crippen MR) is 55.8 cm³/mol. The van der Waals surface area contributed by atoms with E-state index in [0.717, 1.165) is 15.4 Å². The molecule has 0 aromatic rings. The highest BCUT2D eigenvalue weighted by molar-refractivity contribution is 8.47. The van der Waals surface area contributed by atoms with Gasteiger partial charge in [-0.2, -0.15) is 0 Å². The molecule has 0 saturated carbocycles. The number of hydrogen-bond donors (Lipinski definition) is 0. The molecule has 0 aliphatic carbocycles. The third kappa shape index (κ3) is 2.44. The van der Waals surface area contributed by atoms with E-state index in [0.29, 0.717) is 0 Å². The predicted octanol–water partition coefficient (Wildman–Crippen LogP) is 3.02. The second kappa shape index (κ2) is 3.98. The van der Waals surface area contributed by atoms with Crippen molar-refractivity contribution in [1.82, 2.24) is 0 Å². The van der Waals surface area contributed by atoms with E-state index in [1.807, 2.05) is 23.5 Å². The molecule has 0 nitrogen and oxygen atoms in total. The first-order valence-corrected chi connectivity index (χ1v) is 5.87. The van der Waals surface area contributed by atoms with Gasteiger partial charge in [-0.25, -0.2) is 0 Å². The molecule has 0 bridgehead atoms. The lowest BCUT2D eigenvalue weighted by Gasteiger charge is -2.24. The Morgan fingerprint density at radius 2 is 1.90 bits per heavy atom. The zero-order valence-corrected chi connectivity index (χ0v) is 8.74. The molecule has 1 rings (SSSR count). The summed E-state index contributed by atoms with van der Waals surface area (Å²) < 4.78 is 1.14. The summed E-state index contributed by atoms with van der Waals surface area (Å²) in [6.45, 7) is 4.58. The smallest absolute Gasteiger partial charge is 0.104 e.